The normalized spacial score (nSPS) is 20.1. The Balaban J connectivity index is 1.72. The van der Waals surface area contributed by atoms with E-state index in [1.807, 2.05) is 6.92 Å². The minimum atomic E-state index is -0.0394. The molecule has 0 aromatic carbocycles. The van der Waals surface area contributed by atoms with Crippen LogP contribution in [0.25, 0.3) is 0 Å². The van der Waals surface area contributed by atoms with Gasteiger partial charge < -0.3 is 4.98 Å². The van der Waals surface area contributed by atoms with Crippen LogP contribution in [0.1, 0.15) is 35.8 Å². The fourth-order valence-electron chi connectivity index (χ4n) is 2.89. The first-order valence-corrected chi connectivity index (χ1v) is 7.96. The van der Waals surface area contributed by atoms with Crippen LogP contribution in [-0.4, -0.2) is 28.0 Å². The maximum absolute atomic E-state index is 11.6. The summed E-state index contributed by atoms with van der Waals surface area (Å²) >= 11 is 1.74. The van der Waals surface area contributed by atoms with E-state index in [1.54, 1.807) is 17.4 Å². The molecule has 0 amide bonds. The first kappa shape index (κ1) is 13.5. The van der Waals surface area contributed by atoms with Gasteiger partial charge in [0.05, 0.1) is 5.69 Å². The second kappa shape index (κ2) is 5.89. The van der Waals surface area contributed by atoms with Crippen molar-refractivity contribution in [2.24, 2.45) is 0 Å². The van der Waals surface area contributed by atoms with Crippen LogP contribution in [0.4, 0.5) is 0 Å². The predicted molar refractivity (Wildman–Crippen MR) is 81.2 cm³/mol. The van der Waals surface area contributed by atoms with Crippen LogP contribution in [-0.2, 0) is 6.54 Å². The average molecular weight is 289 g/mol. The van der Waals surface area contributed by atoms with E-state index in [-0.39, 0.29) is 5.56 Å². The lowest BCUT2D eigenvalue weighted by atomic mass is 9.94. The van der Waals surface area contributed by atoms with E-state index in [0.717, 1.165) is 31.7 Å². The van der Waals surface area contributed by atoms with E-state index < -0.39 is 0 Å². The third-order valence-corrected chi connectivity index (χ3v) is 4.52. The molecule has 1 aliphatic rings. The van der Waals surface area contributed by atoms with Gasteiger partial charge in [-0.2, -0.15) is 11.3 Å². The molecule has 3 rings (SSSR count). The molecule has 2 aromatic heterocycles. The largest absolute Gasteiger partial charge is 0.311 e. The summed E-state index contributed by atoms with van der Waals surface area (Å²) in [5, 5.41) is 4.33. The number of aromatic nitrogens is 2. The molecule has 1 fully saturated rings. The molecule has 0 radical (unpaired) electrons. The zero-order valence-electron chi connectivity index (χ0n) is 11.6. The van der Waals surface area contributed by atoms with Gasteiger partial charge in [-0.15, -0.1) is 0 Å². The number of aryl methyl sites for hydroxylation is 1. The van der Waals surface area contributed by atoms with Gasteiger partial charge in [0.15, 0.2) is 0 Å². The molecule has 0 spiro atoms. The monoisotopic (exact) mass is 289 g/mol. The fraction of sp³-hybridized carbons (Fsp3) is 0.467. The van der Waals surface area contributed by atoms with Crippen LogP contribution in [0.3, 0.4) is 0 Å². The summed E-state index contributed by atoms with van der Waals surface area (Å²) in [4.78, 5) is 21.3. The number of H-pyrrole nitrogens is 1. The van der Waals surface area contributed by atoms with Crippen molar-refractivity contribution in [1.82, 2.24) is 14.9 Å². The Bertz CT molecular complexity index is 620. The third kappa shape index (κ3) is 3.16. The molecule has 2 aromatic rings. The Kier molecular flexibility index (Phi) is 3.98. The van der Waals surface area contributed by atoms with Gasteiger partial charge in [0.1, 0.15) is 5.82 Å². The van der Waals surface area contributed by atoms with Gasteiger partial charge in [-0.05, 0) is 48.7 Å². The first-order chi connectivity index (χ1) is 9.70. The van der Waals surface area contributed by atoms with Crippen LogP contribution in [0.2, 0.25) is 0 Å². The first-order valence-electron chi connectivity index (χ1n) is 7.02. The Morgan fingerprint density at radius 2 is 2.45 bits per heavy atom. The van der Waals surface area contributed by atoms with Gasteiger partial charge in [0, 0.05) is 25.1 Å². The van der Waals surface area contributed by atoms with E-state index in [0.29, 0.717) is 11.7 Å². The maximum Gasteiger partial charge on any atom is 0.251 e. The van der Waals surface area contributed by atoms with E-state index in [4.69, 9.17) is 0 Å². The summed E-state index contributed by atoms with van der Waals surface area (Å²) < 4.78 is 0. The molecular formula is C15H19N3OS. The predicted octanol–water partition coefficient (Wildman–Crippen LogP) is 2.52. The van der Waals surface area contributed by atoms with Gasteiger partial charge >= 0.3 is 0 Å². The summed E-state index contributed by atoms with van der Waals surface area (Å²) in [5.41, 5.74) is 2.29. The van der Waals surface area contributed by atoms with Crippen molar-refractivity contribution in [2.45, 2.75) is 32.2 Å². The van der Waals surface area contributed by atoms with Crippen LogP contribution in [0.5, 0.6) is 0 Å². The number of aromatic amines is 1. The number of thiophene rings is 1. The molecule has 0 aliphatic carbocycles. The van der Waals surface area contributed by atoms with Crippen molar-refractivity contribution in [3.63, 3.8) is 0 Å². The highest BCUT2D eigenvalue weighted by Gasteiger charge is 2.23. The highest BCUT2D eigenvalue weighted by molar-refractivity contribution is 7.07. The third-order valence-electron chi connectivity index (χ3n) is 3.79. The summed E-state index contributed by atoms with van der Waals surface area (Å²) in [6, 6.07) is 3.84. The minimum Gasteiger partial charge on any atom is -0.311 e. The van der Waals surface area contributed by atoms with Crippen molar-refractivity contribution in [1.29, 1.82) is 0 Å². The van der Waals surface area contributed by atoms with Gasteiger partial charge in [-0.25, -0.2) is 4.98 Å². The number of nitrogens with one attached hydrogen (secondary N) is 1. The van der Waals surface area contributed by atoms with Crippen molar-refractivity contribution in [3.8, 4) is 0 Å². The van der Waals surface area contributed by atoms with Crippen molar-refractivity contribution >= 4 is 11.3 Å². The number of hydrogen-bond acceptors (Lipinski definition) is 4. The maximum atomic E-state index is 11.6. The molecule has 0 unspecified atom stereocenters. The van der Waals surface area contributed by atoms with Gasteiger partial charge in [0.2, 0.25) is 0 Å². The molecule has 4 nitrogen and oxygen atoms in total. The molecule has 3 heterocycles. The van der Waals surface area contributed by atoms with Crippen LogP contribution in [0.15, 0.2) is 27.7 Å². The van der Waals surface area contributed by atoms with Crippen LogP contribution in [0, 0.1) is 6.92 Å². The Labute approximate surface area is 122 Å². The molecule has 1 N–H and O–H groups in total. The summed E-state index contributed by atoms with van der Waals surface area (Å²) in [5.74, 6) is 1.09. The van der Waals surface area contributed by atoms with E-state index in [2.05, 4.69) is 31.7 Å². The SMILES string of the molecule is Cc1nc([C@H]2CCCN(Cc3ccsc3)C2)cc(=O)[nH]1. The van der Waals surface area contributed by atoms with Crippen LogP contribution >= 0.6 is 11.3 Å². The average Bonchev–Trinajstić information content (AvgIpc) is 2.91. The number of hydrogen-bond donors (Lipinski definition) is 1. The molecular weight excluding hydrogens is 270 g/mol. The lowest BCUT2D eigenvalue weighted by Crippen LogP contribution is -2.34. The number of nitrogens with zero attached hydrogens (tertiary/aromatic N) is 2. The Morgan fingerprint density at radius 1 is 1.55 bits per heavy atom. The van der Waals surface area contributed by atoms with Crippen molar-refractivity contribution in [3.05, 3.63) is 50.3 Å². The quantitative estimate of drug-likeness (QED) is 0.944. The smallest absolute Gasteiger partial charge is 0.251 e. The zero-order valence-corrected chi connectivity index (χ0v) is 12.4. The van der Waals surface area contributed by atoms with Crippen molar-refractivity contribution < 1.29 is 0 Å². The molecule has 0 bridgehead atoms. The molecule has 1 aliphatic heterocycles. The summed E-state index contributed by atoms with van der Waals surface area (Å²) in [6.45, 7) is 4.97. The topological polar surface area (TPSA) is 49.0 Å². The Morgan fingerprint density at radius 3 is 3.20 bits per heavy atom. The van der Waals surface area contributed by atoms with Gasteiger partial charge in [-0.3, -0.25) is 9.69 Å². The molecule has 5 heteroatoms. The minimum absolute atomic E-state index is 0.0394. The molecule has 1 atom stereocenters. The lowest BCUT2D eigenvalue weighted by molar-refractivity contribution is 0.198. The highest BCUT2D eigenvalue weighted by Crippen LogP contribution is 2.26. The number of likely N-dealkylation sites (tertiary alicyclic amines) is 1. The van der Waals surface area contributed by atoms with E-state index >= 15 is 0 Å². The Hall–Kier alpha value is -1.46. The number of rotatable bonds is 3. The molecule has 1 saturated heterocycles. The lowest BCUT2D eigenvalue weighted by Gasteiger charge is -2.32. The van der Waals surface area contributed by atoms with Gasteiger partial charge in [-0.1, -0.05) is 0 Å². The second-order valence-corrected chi connectivity index (χ2v) is 6.24. The molecule has 0 saturated carbocycles. The number of piperidine rings is 1. The van der Waals surface area contributed by atoms with Crippen molar-refractivity contribution in [2.75, 3.05) is 13.1 Å². The summed E-state index contributed by atoms with van der Waals surface area (Å²) in [7, 11) is 0. The highest BCUT2D eigenvalue weighted by atomic mass is 32.1. The van der Waals surface area contributed by atoms with Gasteiger partial charge in [0.25, 0.3) is 5.56 Å². The van der Waals surface area contributed by atoms with E-state index in [1.165, 1.54) is 12.0 Å². The summed E-state index contributed by atoms with van der Waals surface area (Å²) in [6.07, 6.45) is 2.29. The standard InChI is InChI=1S/C15H19N3OS/c1-11-16-14(7-15(19)17-11)13-3-2-5-18(9-13)8-12-4-6-20-10-12/h4,6-7,10,13H,2-3,5,8-9H2,1H3,(H,16,17,19)/t13-/m0/s1. The zero-order chi connectivity index (χ0) is 13.9. The molecule has 106 valence electrons. The van der Waals surface area contributed by atoms with Crippen LogP contribution < -0.4 is 5.56 Å². The second-order valence-electron chi connectivity index (χ2n) is 5.46. The molecule has 20 heavy (non-hydrogen) atoms. The fourth-order valence-corrected chi connectivity index (χ4v) is 3.55. The van der Waals surface area contributed by atoms with E-state index in [9.17, 15) is 4.79 Å².